The Labute approximate surface area is 88.9 Å². The fraction of sp³-hybridized carbons (Fsp3) is 0.333. The molecule has 0 spiro atoms. The normalized spacial score (nSPS) is 10.8. The smallest absolute Gasteiger partial charge is 0.175 e. The monoisotopic (exact) mass is 239 g/mol. The molecule has 0 aliphatic heterocycles. The lowest BCUT2D eigenvalue weighted by atomic mass is 10.2. The minimum Gasteiger partial charge on any atom is -0.315 e. The van der Waals surface area contributed by atoms with Crippen molar-refractivity contribution >= 4 is 11.8 Å². The maximum Gasteiger partial charge on any atom is 0.175 e. The molecular weight excluding hydrogens is 230 g/mol. The summed E-state index contributed by atoms with van der Waals surface area (Å²) in [4.78, 5) is -0.634. The molecular formula is C9H9F4NS. The van der Waals surface area contributed by atoms with Gasteiger partial charge < -0.3 is 5.32 Å². The highest BCUT2D eigenvalue weighted by Crippen LogP contribution is 2.29. The summed E-state index contributed by atoms with van der Waals surface area (Å²) < 4.78 is 52.9. The van der Waals surface area contributed by atoms with Crippen LogP contribution < -0.4 is 5.32 Å². The number of hydrogen-bond acceptors (Lipinski definition) is 2. The maximum absolute atomic E-state index is 13.2. The van der Waals surface area contributed by atoms with Crippen molar-refractivity contribution in [2.24, 2.45) is 0 Å². The molecule has 0 amide bonds. The number of halogens is 4. The fourth-order valence-corrected chi connectivity index (χ4v) is 1.71. The highest BCUT2D eigenvalue weighted by Gasteiger charge is 2.24. The van der Waals surface area contributed by atoms with Gasteiger partial charge in [-0.2, -0.15) is 0 Å². The van der Waals surface area contributed by atoms with E-state index < -0.39 is 33.7 Å². The molecule has 0 saturated carbocycles. The van der Waals surface area contributed by atoms with Crippen molar-refractivity contribution in [2.75, 3.05) is 13.3 Å². The van der Waals surface area contributed by atoms with E-state index in [1.165, 1.54) is 13.3 Å². The van der Waals surface area contributed by atoms with E-state index in [4.69, 9.17) is 0 Å². The number of rotatable bonds is 3. The Kier molecular flexibility index (Phi) is 3.98. The van der Waals surface area contributed by atoms with Gasteiger partial charge in [-0.3, -0.25) is 0 Å². The lowest BCUT2D eigenvalue weighted by Gasteiger charge is -2.09. The molecule has 15 heavy (non-hydrogen) atoms. The third kappa shape index (κ3) is 2.10. The molecule has 0 unspecified atom stereocenters. The minimum absolute atomic E-state index is 0.264. The quantitative estimate of drug-likeness (QED) is 0.494. The van der Waals surface area contributed by atoms with Crippen LogP contribution in [0.2, 0.25) is 0 Å². The molecule has 1 aromatic rings. The zero-order chi connectivity index (χ0) is 11.6. The van der Waals surface area contributed by atoms with Crippen LogP contribution in [-0.4, -0.2) is 13.3 Å². The van der Waals surface area contributed by atoms with Crippen molar-refractivity contribution in [2.45, 2.75) is 11.4 Å². The highest BCUT2D eigenvalue weighted by atomic mass is 32.2. The van der Waals surface area contributed by atoms with E-state index in [2.05, 4.69) is 5.32 Å². The number of benzene rings is 1. The third-order valence-corrected chi connectivity index (χ3v) is 2.64. The van der Waals surface area contributed by atoms with Gasteiger partial charge >= 0.3 is 0 Å². The molecule has 0 radical (unpaired) electrons. The molecule has 0 aliphatic carbocycles. The second kappa shape index (κ2) is 4.85. The van der Waals surface area contributed by atoms with Crippen LogP contribution in [0.3, 0.4) is 0 Å². The summed E-state index contributed by atoms with van der Waals surface area (Å²) in [7, 11) is 1.43. The first-order valence-electron chi connectivity index (χ1n) is 4.08. The van der Waals surface area contributed by atoms with Crippen molar-refractivity contribution in [3.05, 3.63) is 28.8 Å². The Hall–Kier alpha value is -0.750. The van der Waals surface area contributed by atoms with Crippen LogP contribution in [0, 0.1) is 23.3 Å². The molecule has 0 fully saturated rings. The van der Waals surface area contributed by atoms with E-state index in [1.54, 1.807) is 0 Å². The van der Waals surface area contributed by atoms with Gasteiger partial charge in [-0.25, -0.2) is 17.6 Å². The standard InChI is InChI=1S/C9H9F4NS/c1-14-3-4-5(10)7(12)9(15-2)8(13)6(4)11/h14H,3H2,1-2H3. The van der Waals surface area contributed by atoms with Gasteiger partial charge in [0, 0.05) is 12.1 Å². The molecule has 6 heteroatoms. The van der Waals surface area contributed by atoms with Crippen LogP contribution in [0.15, 0.2) is 4.90 Å². The van der Waals surface area contributed by atoms with E-state index in [0.29, 0.717) is 11.8 Å². The van der Waals surface area contributed by atoms with Gasteiger partial charge in [-0.15, -0.1) is 11.8 Å². The van der Waals surface area contributed by atoms with E-state index in [9.17, 15) is 17.6 Å². The SMILES string of the molecule is CNCc1c(F)c(F)c(SC)c(F)c1F. The average Bonchev–Trinajstić information content (AvgIpc) is 2.23. The second-order valence-electron chi connectivity index (χ2n) is 2.80. The van der Waals surface area contributed by atoms with Gasteiger partial charge in [0.2, 0.25) is 0 Å². The summed E-state index contributed by atoms with van der Waals surface area (Å²) in [5, 5.41) is 2.44. The lowest BCUT2D eigenvalue weighted by Crippen LogP contribution is -2.13. The number of hydrogen-bond donors (Lipinski definition) is 1. The fourth-order valence-electron chi connectivity index (χ4n) is 1.17. The number of thioether (sulfide) groups is 1. The average molecular weight is 239 g/mol. The summed E-state index contributed by atoms with van der Waals surface area (Å²) in [6, 6.07) is 0. The number of nitrogens with one attached hydrogen (secondary N) is 1. The Balaban J connectivity index is 3.44. The summed E-state index contributed by atoms with van der Waals surface area (Å²) in [6.45, 7) is -0.264. The van der Waals surface area contributed by atoms with Crippen LogP contribution in [0.1, 0.15) is 5.56 Å². The first kappa shape index (κ1) is 12.3. The first-order valence-corrected chi connectivity index (χ1v) is 5.30. The molecule has 0 bridgehead atoms. The molecule has 0 atom stereocenters. The van der Waals surface area contributed by atoms with Gasteiger partial charge in [-0.05, 0) is 13.3 Å². The van der Waals surface area contributed by atoms with E-state index in [-0.39, 0.29) is 6.54 Å². The second-order valence-corrected chi connectivity index (χ2v) is 3.61. The zero-order valence-electron chi connectivity index (χ0n) is 8.13. The first-order chi connectivity index (χ1) is 7.04. The minimum atomic E-state index is -1.34. The zero-order valence-corrected chi connectivity index (χ0v) is 8.94. The molecule has 0 aromatic heterocycles. The summed E-state index contributed by atoms with van der Waals surface area (Å²) in [5.74, 6) is -5.36. The topological polar surface area (TPSA) is 12.0 Å². The summed E-state index contributed by atoms with van der Waals surface area (Å²) in [5.41, 5.74) is -0.620. The Bertz CT molecular complexity index is 352. The van der Waals surface area contributed by atoms with Gasteiger partial charge in [0.25, 0.3) is 0 Å². The Morgan fingerprint density at radius 2 is 1.47 bits per heavy atom. The van der Waals surface area contributed by atoms with Crippen molar-refractivity contribution < 1.29 is 17.6 Å². The Morgan fingerprint density at radius 1 is 1.00 bits per heavy atom. The molecule has 84 valence electrons. The van der Waals surface area contributed by atoms with E-state index in [1.807, 2.05) is 0 Å². The van der Waals surface area contributed by atoms with Gasteiger partial charge in [0.1, 0.15) is 0 Å². The third-order valence-electron chi connectivity index (χ3n) is 1.87. The van der Waals surface area contributed by atoms with Gasteiger partial charge in [0.05, 0.1) is 4.90 Å². The molecule has 0 heterocycles. The van der Waals surface area contributed by atoms with Crippen LogP contribution >= 0.6 is 11.8 Å². The molecule has 1 rings (SSSR count). The Morgan fingerprint density at radius 3 is 1.80 bits per heavy atom. The predicted molar refractivity (Wildman–Crippen MR) is 50.8 cm³/mol. The van der Waals surface area contributed by atoms with Crippen LogP contribution in [0.4, 0.5) is 17.6 Å². The maximum atomic E-state index is 13.2. The van der Waals surface area contributed by atoms with Crippen LogP contribution in [0.25, 0.3) is 0 Å². The highest BCUT2D eigenvalue weighted by molar-refractivity contribution is 7.98. The van der Waals surface area contributed by atoms with Gasteiger partial charge in [-0.1, -0.05) is 0 Å². The predicted octanol–water partition coefficient (Wildman–Crippen LogP) is 2.68. The van der Waals surface area contributed by atoms with Crippen LogP contribution in [-0.2, 0) is 6.54 Å². The van der Waals surface area contributed by atoms with Crippen LogP contribution in [0.5, 0.6) is 0 Å². The lowest BCUT2D eigenvalue weighted by molar-refractivity contribution is 0.410. The largest absolute Gasteiger partial charge is 0.315 e. The van der Waals surface area contributed by atoms with Crippen molar-refractivity contribution in [3.63, 3.8) is 0 Å². The molecule has 0 aliphatic rings. The molecule has 0 saturated heterocycles. The molecule has 1 nitrogen and oxygen atoms in total. The van der Waals surface area contributed by atoms with Crippen molar-refractivity contribution in [3.8, 4) is 0 Å². The van der Waals surface area contributed by atoms with Crippen molar-refractivity contribution in [1.29, 1.82) is 0 Å². The summed E-state index contributed by atoms with van der Waals surface area (Å²) >= 11 is 0.627. The van der Waals surface area contributed by atoms with Gasteiger partial charge in [0.15, 0.2) is 23.3 Å². The molecule has 1 N–H and O–H groups in total. The molecule has 1 aromatic carbocycles. The van der Waals surface area contributed by atoms with E-state index in [0.717, 1.165) is 0 Å². The van der Waals surface area contributed by atoms with E-state index >= 15 is 0 Å². The van der Waals surface area contributed by atoms with Crippen molar-refractivity contribution in [1.82, 2.24) is 5.32 Å². The summed E-state index contributed by atoms with van der Waals surface area (Å²) in [6.07, 6.45) is 1.35.